The van der Waals surface area contributed by atoms with Crippen molar-refractivity contribution in [3.63, 3.8) is 0 Å². The van der Waals surface area contributed by atoms with E-state index in [9.17, 15) is 14.0 Å². The van der Waals surface area contributed by atoms with Crippen molar-refractivity contribution >= 4 is 35.1 Å². The Bertz CT molecular complexity index is 828. The number of halogens is 1. The smallest absolute Gasteiger partial charge is 0.415 e. The number of ether oxygens (including phenoxy) is 2. The van der Waals surface area contributed by atoms with Gasteiger partial charge in [0, 0.05) is 42.6 Å². The van der Waals surface area contributed by atoms with E-state index in [4.69, 9.17) is 9.47 Å². The predicted molar refractivity (Wildman–Crippen MR) is 108 cm³/mol. The van der Waals surface area contributed by atoms with Crippen LogP contribution in [0.2, 0.25) is 0 Å². The lowest BCUT2D eigenvalue weighted by atomic mass is 9.85. The zero-order valence-electron chi connectivity index (χ0n) is 16.1. The lowest BCUT2D eigenvalue weighted by Gasteiger charge is -2.34. The van der Waals surface area contributed by atoms with Gasteiger partial charge in [0.05, 0.1) is 17.9 Å². The van der Waals surface area contributed by atoms with Gasteiger partial charge in [0.15, 0.2) is 0 Å². The molecule has 29 heavy (non-hydrogen) atoms. The van der Waals surface area contributed by atoms with Gasteiger partial charge >= 0.3 is 6.09 Å². The van der Waals surface area contributed by atoms with Crippen LogP contribution in [-0.2, 0) is 9.53 Å². The fraction of sp³-hybridized carbons (Fsp3) is 0.600. The molecule has 5 rings (SSSR count). The van der Waals surface area contributed by atoms with Crippen LogP contribution in [0.4, 0.5) is 20.6 Å². The largest absolute Gasteiger partial charge is 0.489 e. The second-order valence-electron chi connectivity index (χ2n) is 7.91. The number of rotatable bonds is 4. The highest BCUT2D eigenvalue weighted by Crippen LogP contribution is 2.42. The average molecular weight is 421 g/mol. The fourth-order valence-electron chi connectivity index (χ4n) is 4.28. The molecule has 3 heterocycles. The molecular weight excluding hydrogens is 397 g/mol. The van der Waals surface area contributed by atoms with Crippen molar-refractivity contribution in [2.75, 3.05) is 47.5 Å². The minimum atomic E-state index is -0.524. The standard InChI is InChI=1S/C20H24FN3O4S/c21-13-8-15-17(9-14(13)23-4-6-29-7-5-23)27-11-16-18(28-20(26)24(15)16)10-22-19(25)12-2-1-3-12/h8-9,12,16,18H,1-7,10-11H2,(H,22,25)/t16-,18-/m1/s1. The van der Waals surface area contributed by atoms with Gasteiger partial charge in [0.1, 0.15) is 30.3 Å². The maximum absolute atomic E-state index is 14.9. The molecule has 2 amide bonds. The minimum absolute atomic E-state index is 0.0123. The summed E-state index contributed by atoms with van der Waals surface area (Å²) in [7, 11) is 0. The molecular formula is C20H24FN3O4S. The fourth-order valence-corrected chi connectivity index (χ4v) is 5.18. The highest BCUT2D eigenvalue weighted by atomic mass is 32.2. The van der Waals surface area contributed by atoms with Gasteiger partial charge in [-0.25, -0.2) is 9.18 Å². The van der Waals surface area contributed by atoms with E-state index in [1.54, 1.807) is 6.07 Å². The number of fused-ring (bicyclic) bond motifs is 3. The highest BCUT2D eigenvalue weighted by molar-refractivity contribution is 7.99. The second-order valence-corrected chi connectivity index (χ2v) is 9.14. The number of nitrogens with one attached hydrogen (secondary N) is 1. The SMILES string of the molecule is O=C(NC[C@H]1OC(=O)N2c3cc(F)c(N4CCSCC4)cc3OC[C@H]12)C1CCC1. The Morgan fingerprint density at radius 1 is 1.24 bits per heavy atom. The van der Waals surface area contributed by atoms with Crippen LogP contribution in [0.3, 0.4) is 0 Å². The maximum Gasteiger partial charge on any atom is 0.415 e. The molecule has 2 saturated heterocycles. The van der Waals surface area contributed by atoms with Gasteiger partial charge in [0.25, 0.3) is 0 Å². The Morgan fingerprint density at radius 3 is 2.76 bits per heavy atom. The van der Waals surface area contributed by atoms with Crippen LogP contribution in [0.15, 0.2) is 12.1 Å². The second kappa shape index (κ2) is 7.59. The van der Waals surface area contributed by atoms with Gasteiger partial charge < -0.3 is 19.7 Å². The molecule has 1 N–H and O–H groups in total. The van der Waals surface area contributed by atoms with Gasteiger partial charge in [-0.3, -0.25) is 9.69 Å². The molecule has 3 aliphatic heterocycles. The van der Waals surface area contributed by atoms with E-state index in [0.29, 0.717) is 17.1 Å². The van der Waals surface area contributed by atoms with E-state index in [1.165, 1.54) is 11.0 Å². The molecule has 0 unspecified atom stereocenters. The summed E-state index contributed by atoms with van der Waals surface area (Å²) in [5.41, 5.74) is 0.908. The first kappa shape index (κ1) is 18.8. The van der Waals surface area contributed by atoms with Gasteiger partial charge in [-0.15, -0.1) is 0 Å². The third kappa shape index (κ3) is 3.39. The zero-order valence-corrected chi connectivity index (χ0v) is 16.9. The number of cyclic esters (lactones) is 1. The van der Waals surface area contributed by atoms with Gasteiger partial charge in [-0.2, -0.15) is 11.8 Å². The molecule has 0 bridgehead atoms. The lowest BCUT2D eigenvalue weighted by Crippen LogP contribution is -2.48. The molecule has 3 fully saturated rings. The summed E-state index contributed by atoms with van der Waals surface area (Å²) in [5.74, 6) is 2.14. The van der Waals surface area contributed by atoms with Crippen LogP contribution in [0.5, 0.6) is 5.75 Å². The molecule has 9 heteroatoms. The van der Waals surface area contributed by atoms with Crippen molar-refractivity contribution in [3.05, 3.63) is 17.9 Å². The van der Waals surface area contributed by atoms with Crippen molar-refractivity contribution in [2.45, 2.75) is 31.4 Å². The van der Waals surface area contributed by atoms with Crippen LogP contribution in [-0.4, -0.2) is 61.9 Å². The molecule has 1 aliphatic carbocycles. The van der Waals surface area contributed by atoms with Crippen LogP contribution < -0.4 is 19.9 Å². The van der Waals surface area contributed by atoms with Gasteiger partial charge in [-0.05, 0) is 12.8 Å². The highest BCUT2D eigenvalue weighted by Gasteiger charge is 2.47. The quantitative estimate of drug-likeness (QED) is 0.805. The number of anilines is 2. The third-order valence-electron chi connectivity index (χ3n) is 6.21. The van der Waals surface area contributed by atoms with Crippen molar-refractivity contribution < 1.29 is 23.5 Å². The molecule has 7 nitrogen and oxygen atoms in total. The Morgan fingerprint density at radius 2 is 2.03 bits per heavy atom. The van der Waals surface area contributed by atoms with Crippen molar-refractivity contribution in [1.29, 1.82) is 0 Å². The molecule has 1 aromatic carbocycles. The number of thioether (sulfide) groups is 1. The third-order valence-corrected chi connectivity index (χ3v) is 7.15. The number of carbonyl (C=O) groups excluding carboxylic acids is 2. The zero-order chi connectivity index (χ0) is 20.0. The van der Waals surface area contributed by atoms with Gasteiger partial charge in [0.2, 0.25) is 5.91 Å². The average Bonchev–Trinajstić information content (AvgIpc) is 3.01. The summed E-state index contributed by atoms with van der Waals surface area (Å²) in [6.45, 7) is 2.08. The first-order valence-corrected chi connectivity index (χ1v) is 11.3. The van der Waals surface area contributed by atoms with E-state index in [1.807, 2.05) is 16.7 Å². The summed E-state index contributed by atoms with van der Waals surface area (Å²) in [5, 5.41) is 2.89. The summed E-state index contributed by atoms with van der Waals surface area (Å²) in [6.07, 6.45) is 1.88. The van der Waals surface area contributed by atoms with Crippen LogP contribution >= 0.6 is 11.8 Å². The van der Waals surface area contributed by atoms with Crippen LogP contribution in [0.1, 0.15) is 19.3 Å². The molecule has 0 spiro atoms. The Kier molecular flexibility index (Phi) is 4.93. The minimum Gasteiger partial charge on any atom is -0.489 e. The predicted octanol–water partition coefficient (Wildman–Crippen LogP) is 2.38. The summed E-state index contributed by atoms with van der Waals surface area (Å²) >= 11 is 1.86. The molecule has 2 atom stereocenters. The van der Waals surface area contributed by atoms with Crippen molar-refractivity contribution in [1.82, 2.24) is 5.32 Å². The Balaban J connectivity index is 1.33. The summed E-state index contributed by atoms with van der Waals surface area (Å²) in [6, 6.07) is 2.68. The first-order valence-electron chi connectivity index (χ1n) is 10.2. The van der Waals surface area contributed by atoms with Crippen molar-refractivity contribution in [3.8, 4) is 5.75 Å². The van der Waals surface area contributed by atoms with E-state index >= 15 is 0 Å². The molecule has 1 saturated carbocycles. The number of amides is 2. The molecule has 0 aromatic heterocycles. The summed E-state index contributed by atoms with van der Waals surface area (Å²) < 4.78 is 26.3. The van der Waals surface area contributed by atoms with E-state index in [-0.39, 0.29) is 36.8 Å². The van der Waals surface area contributed by atoms with E-state index in [0.717, 1.165) is 43.9 Å². The number of hydrogen-bond donors (Lipinski definition) is 1. The maximum atomic E-state index is 14.9. The van der Waals surface area contributed by atoms with Crippen LogP contribution in [0.25, 0.3) is 0 Å². The van der Waals surface area contributed by atoms with Crippen LogP contribution in [0, 0.1) is 11.7 Å². The normalized spacial score (nSPS) is 26.2. The lowest BCUT2D eigenvalue weighted by molar-refractivity contribution is -0.127. The summed E-state index contributed by atoms with van der Waals surface area (Å²) in [4.78, 5) is 28.1. The Labute approximate surface area is 172 Å². The molecule has 0 radical (unpaired) electrons. The topological polar surface area (TPSA) is 71.1 Å². The Hall–Kier alpha value is -2.16. The molecule has 4 aliphatic rings. The van der Waals surface area contributed by atoms with Crippen molar-refractivity contribution in [2.24, 2.45) is 5.92 Å². The van der Waals surface area contributed by atoms with Gasteiger partial charge in [-0.1, -0.05) is 6.42 Å². The van der Waals surface area contributed by atoms with E-state index < -0.39 is 12.2 Å². The van der Waals surface area contributed by atoms with E-state index in [2.05, 4.69) is 5.32 Å². The number of carbonyl (C=O) groups is 2. The number of hydrogen-bond acceptors (Lipinski definition) is 6. The monoisotopic (exact) mass is 421 g/mol. The first-order chi connectivity index (χ1) is 14.1. The number of benzene rings is 1. The molecule has 156 valence electrons. The molecule has 1 aromatic rings. The number of nitrogens with zero attached hydrogens (tertiary/aromatic N) is 2.